The molecule has 7 rings (SSSR count). The normalized spacial score (nSPS) is 21.5. The smallest absolute Gasteiger partial charge is 0.106 e. The van der Waals surface area contributed by atoms with Crippen LogP contribution in [-0.2, 0) is 0 Å². The summed E-state index contributed by atoms with van der Waals surface area (Å²) in [5, 5.41) is 34.1. The summed E-state index contributed by atoms with van der Waals surface area (Å²) < 4.78 is 0. The third kappa shape index (κ3) is 1.73. The van der Waals surface area contributed by atoms with E-state index < -0.39 is 18.3 Å². The van der Waals surface area contributed by atoms with Gasteiger partial charge in [0, 0.05) is 16.7 Å². The molecule has 3 aliphatic carbocycles. The fourth-order valence-corrected chi connectivity index (χ4v) is 5.86. The van der Waals surface area contributed by atoms with Crippen LogP contribution in [0.3, 0.4) is 0 Å². The van der Waals surface area contributed by atoms with Crippen LogP contribution in [0.1, 0.15) is 51.7 Å². The molecule has 3 N–H and O–H groups in total. The molecule has 4 aromatic rings. The van der Waals surface area contributed by atoms with E-state index in [1.807, 2.05) is 72.8 Å². The third-order valence-corrected chi connectivity index (χ3v) is 7.01. The molecule has 0 saturated heterocycles. The first kappa shape index (κ1) is 16.5. The summed E-state index contributed by atoms with van der Waals surface area (Å²) in [5.41, 5.74) is 10.6. The van der Waals surface area contributed by atoms with Crippen LogP contribution in [0, 0.1) is 0 Å². The number of rotatable bonds is 0. The van der Waals surface area contributed by atoms with Gasteiger partial charge in [-0.3, -0.25) is 0 Å². The Morgan fingerprint density at radius 3 is 0.967 bits per heavy atom. The van der Waals surface area contributed by atoms with Crippen LogP contribution in [0.25, 0.3) is 33.4 Å². The maximum atomic E-state index is 11.4. The minimum atomic E-state index is -0.787. The van der Waals surface area contributed by atoms with Crippen molar-refractivity contribution in [1.82, 2.24) is 0 Å². The lowest BCUT2D eigenvalue weighted by Crippen LogP contribution is -2.04. The number of hydrogen-bond acceptors (Lipinski definition) is 3. The lowest BCUT2D eigenvalue weighted by Gasteiger charge is -2.20. The molecule has 0 saturated carbocycles. The number of aliphatic hydroxyl groups is 3. The van der Waals surface area contributed by atoms with Gasteiger partial charge in [0.2, 0.25) is 0 Å². The van der Waals surface area contributed by atoms with Crippen LogP contribution < -0.4 is 0 Å². The highest BCUT2D eigenvalue weighted by atomic mass is 16.3. The van der Waals surface area contributed by atoms with Crippen LogP contribution in [0.15, 0.2) is 72.8 Å². The van der Waals surface area contributed by atoms with E-state index >= 15 is 0 Å². The predicted molar refractivity (Wildman–Crippen MR) is 115 cm³/mol. The van der Waals surface area contributed by atoms with Crippen LogP contribution >= 0.6 is 0 Å². The van der Waals surface area contributed by atoms with Crippen molar-refractivity contribution in [1.29, 1.82) is 0 Å². The van der Waals surface area contributed by atoms with Gasteiger partial charge in [-0.1, -0.05) is 72.8 Å². The first-order chi connectivity index (χ1) is 14.7. The highest BCUT2D eigenvalue weighted by Crippen LogP contribution is 2.62. The van der Waals surface area contributed by atoms with Crippen molar-refractivity contribution in [3.8, 4) is 33.4 Å². The fraction of sp³-hybridized carbons (Fsp3) is 0.111. The Bertz CT molecular complexity index is 1210. The van der Waals surface area contributed by atoms with Gasteiger partial charge < -0.3 is 15.3 Å². The van der Waals surface area contributed by atoms with E-state index in [-0.39, 0.29) is 0 Å². The van der Waals surface area contributed by atoms with Crippen molar-refractivity contribution in [2.45, 2.75) is 18.3 Å². The average Bonchev–Trinajstić information content (AvgIpc) is 3.36. The second kappa shape index (κ2) is 5.46. The lowest BCUT2D eigenvalue weighted by atomic mass is 9.85. The molecule has 0 fully saturated rings. The summed E-state index contributed by atoms with van der Waals surface area (Å²) in [6.07, 6.45) is -2.36. The molecule has 3 nitrogen and oxygen atoms in total. The zero-order valence-electron chi connectivity index (χ0n) is 16.0. The molecule has 3 aliphatic rings. The second-order valence-corrected chi connectivity index (χ2v) is 8.34. The number of aliphatic hydroxyl groups excluding tert-OH is 3. The summed E-state index contributed by atoms with van der Waals surface area (Å²) in [6.45, 7) is 0. The summed E-state index contributed by atoms with van der Waals surface area (Å²) in [6, 6.07) is 23.6. The van der Waals surface area contributed by atoms with E-state index in [1.165, 1.54) is 0 Å². The van der Waals surface area contributed by atoms with Crippen LogP contribution in [0.2, 0.25) is 0 Å². The van der Waals surface area contributed by atoms with Crippen molar-refractivity contribution in [2.24, 2.45) is 0 Å². The first-order valence-corrected chi connectivity index (χ1v) is 10.2. The second-order valence-electron chi connectivity index (χ2n) is 8.34. The zero-order chi connectivity index (χ0) is 20.1. The number of benzene rings is 4. The van der Waals surface area contributed by atoms with E-state index in [0.29, 0.717) is 0 Å². The van der Waals surface area contributed by atoms with Crippen molar-refractivity contribution in [3.63, 3.8) is 0 Å². The molecular weight excluding hydrogens is 372 g/mol. The van der Waals surface area contributed by atoms with Gasteiger partial charge in [-0.2, -0.15) is 0 Å². The molecule has 3 atom stereocenters. The number of hydrogen-bond donors (Lipinski definition) is 3. The SMILES string of the molecule is OC1c2ccccc2-c2c1c1c(c3c2C(O)c2ccccc2-3)C(O)c2ccccc2-1. The van der Waals surface area contributed by atoms with Gasteiger partial charge in [0.25, 0.3) is 0 Å². The number of fused-ring (bicyclic) bond motifs is 12. The summed E-state index contributed by atoms with van der Waals surface area (Å²) in [4.78, 5) is 0. The molecule has 30 heavy (non-hydrogen) atoms. The summed E-state index contributed by atoms with van der Waals surface area (Å²) in [5.74, 6) is 0. The lowest BCUT2D eigenvalue weighted by molar-refractivity contribution is 0.218. The van der Waals surface area contributed by atoms with E-state index in [9.17, 15) is 15.3 Å². The Morgan fingerprint density at radius 2 is 0.667 bits per heavy atom. The van der Waals surface area contributed by atoms with E-state index in [1.54, 1.807) is 0 Å². The molecule has 0 heterocycles. The molecule has 0 bridgehead atoms. The first-order valence-electron chi connectivity index (χ1n) is 10.2. The van der Waals surface area contributed by atoms with Gasteiger partial charge >= 0.3 is 0 Å². The molecular formula is C27H18O3. The Balaban J connectivity index is 1.72. The van der Waals surface area contributed by atoms with Gasteiger partial charge in [0.05, 0.1) is 0 Å². The molecule has 4 aromatic carbocycles. The molecule has 0 aliphatic heterocycles. The standard InChI is InChI=1S/C27H18O3/c28-25-16-10-4-1-7-13(16)19-22(25)20-15-9-3-6-12-18(15)27(30)24(20)21-14-8-2-5-11-17(14)26(29)23(19)21/h1-12,25-30H. The highest BCUT2D eigenvalue weighted by Gasteiger charge is 2.45. The predicted octanol–water partition coefficient (Wildman–Crippen LogP) is 4.87. The minimum Gasteiger partial charge on any atom is -0.384 e. The Hall–Kier alpha value is -3.24. The van der Waals surface area contributed by atoms with Crippen molar-refractivity contribution < 1.29 is 15.3 Å². The topological polar surface area (TPSA) is 60.7 Å². The average molecular weight is 390 g/mol. The maximum absolute atomic E-state index is 11.4. The van der Waals surface area contributed by atoms with Gasteiger partial charge in [-0.15, -0.1) is 0 Å². The fourth-order valence-electron chi connectivity index (χ4n) is 5.86. The molecule has 0 radical (unpaired) electrons. The highest BCUT2D eigenvalue weighted by molar-refractivity contribution is 6.01. The van der Waals surface area contributed by atoms with E-state index in [4.69, 9.17) is 0 Å². The third-order valence-electron chi connectivity index (χ3n) is 7.01. The Morgan fingerprint density at radius 1 is 0.400 bits per heavy atom. The van der Waals surface area contributed by atoms with Gasteiger partial charge in [0.15, 0.2) is 0 Å². The Labute approximate surface area is 173 Å². The minimum absolute atomic E-state index is 0.787. The quantitative estimate of drug-likeness (QED) is 0.401. The van der Waals surface area contributed by atoms with Crippen LogP contribution in [0.4, 0.5) is 0 Å². The van der Waals surface area contributed by atoms with E-state index in [0.717, 1.165) is 66.8 Å². The molecule has 3 heteroatoms. The molecule has 144 valence electrons. The van der Waals surface area contributed by atoms with Gasteiger partial charge in [-0.05, 0) is 50.1 Å². The molecule has 3 unspecified atom stereocenters. The van der Waals surface area contributed by atoms with Gasteiger partial charge in [-0.25, -0.2) is 0 Å². The van der Waals surface area contributed by atoms with Crippen molar-refractivity contribution in [3.05, 3.63) is 106 Å². The van der Waals surface area contributed by atoms with Crippen LogP contribution in [-0.4, -0.2) is 15.3 Å². The monoisotopic (exact) mass is 390 g/mol. The van der Waals surface area contributed by atoms with Crippen LogP contribution in [0.5, 0.6) is 0 Å². The molecule has 0 aromatic heterocycles. The molecule has 0 amide bonds. The summed E-state index contributed by atoms with van der Waals surface area (Å²) >= 11 is 0. The van der Waals surface area contributed by atoms with E-state index in [2.05, 4.69) is 0 Å². The maximum Gasteiger partial charge on any atom is 0.106 e. The van der Waals surface area contributed by atoms with Gasteiger partial charge in [0.1, 0.15) is 18.3 Å². The van der Waals surface area contributed by atoms with Crippen molar-refractivity contribution >= 4 is 0 Å². The largest absolute Gasteiger partial charge is 0.384 e. The molecule has 0 spiro atoms. The Kier molecular flexibility index (Phi) is 3.01. The van der Waals surface area contributed by atoms with Crippen molar-refractivity contribution in [2.75, 3.05) is 0 Å². The zero-order valence-corrected chi connectivity index (χ0v) is 16.0. The summed E-state index contributed by atoms with van der Waals surface area (Å²) in [7, 11) is 0.